The minimum atomic E-state index is 0.357. The molecular weight excluding hydrogens is 222 g/mol. The van der Waals surface area contributed by atoms with Crippen molar-refractivity contribution in [2.24, 2.45) is 5.92 Å². The molecule has 18 heavy (non-hydrogen) atoms. The summed E-state index contributed by atoms with van der Waals surface area (Å²) in [4.78, 5) is 0. The fraction of sp³-hybridized carbons (Fsp3) is 0.625. The maximum absolute atomic E-state index is 6.40. The molecule has 0 radical (unpaired) electrons. The first kappa shape index (κ1) is 9.85. The number of nitrogens with one attached hydrogen (secondary N) is 1. The zero-order valence-electron chi connectivity index (χ0n) is 10.6. The monoisotopic (exact) mass is 241 g/mol. The van der Waals surface area contributed by atoms with Crippen LogP contribution in [0.3, 0.4) is 0 Å². The summed E-state index contributed by atoms with van der Waals surface area (Å²) in [6.07, 6.45) is 6.90. The van der Waals surface area contributed by atoms with Crippen LogP contribution in [0, 0.1) is 5.92 Å². The molecule has 1 spiro atoms. The van der Waals surface area contributed by atoms with Crippen LogP contribution < -0.4 is 10.1 Å². The predicted molar refractivity (Wildman–Crippen MR) is 70.0 cm³/mol. The smallest absolute Gasteiger partial charge is 0.123 e. The van der Waals surface area contributed by atoms with Crippen LogP contribution in [-0.2, 0) is 11.8 Å². The molecule has 5 bridgehead atoms. The molecule has 0 aromatic heterocycles. The van der Waals surface area contributed by atoms with Crippen LogP contribution in [0.2, 0.25) is 0 Å². The topological polar surface area (TPSA) is 21.3 Å². The molecule has 0 amide bonds. The quantitative estimate of drug-likeness (QED) is 0.753. The molecule has 2 nitrogen and oxygen atoms in total. The molecule has 2 heterocycles. The van der Waals surface area contributed by atoms with E-state index in [2.05, 4.69) is 23.5 Å². The minimum Gasteiger partial charge on any atom is -0.489 e. The van der Waals surface area contributed by atoms with Gasteiger partial charge in [0.1, 0.15) is 11.9 Å². The van der Waals surface area contributed by atoms with Gasteiger partial charge in [0, 0.05) is 11.5 Å². The second kappa shape index (κ2) is 3.11. The number of hydrogen-bond acceptors (Lipinski definition) is 2. The Bertz CT molecular complexity index is 526. The normalized spacial score (nSPS) is 43.2. The second-order valence-electron chi connectivity index (χ2n) is 6.48. The van der Waals surface area contributed by atoms with Crippen molar-refractivity contribution in [2.45, 2.75) is 49.7 Å². The number of benzene rings is 1. The van der Waals surface area contributed by atoms with Crippen molar-refractivity contribution in [1.29, 1.82) is 0 Å². The number of piperidine rings is 1. The maximum atomic E-state index is 6.40. The zero-order valence-corrected chi connectivity index (χ0v) is 10.6. The number of hydrogen-bond donors (Lipinski definition) is 1. The summed E-state index contributed by atoms with van der Waals surface area (Å²) in [7, 11) is 0. The average molecular weight is 241 g/mol. The van der Waals surface area contributed by atoms with E-state index in [-0.39, 0.29) is 0 Å². The number of ether oxygens (including phenoxy) is 1. The first-order chi connectivity index (χ1) is 8.89. The third-order valence-electron chi connectivity index (χ3n) is 5.98. The van der Waals surface area contributed by atoms with E-state index in [1.165, 1.54) is 50.0 Å². The highest BCUT2D eigenvalue weighted by atomic mass is 16.5. The van der Waals surface area contributed by atoms with Crippen molar-refractivity contribution >= 4 is 0 Å². The van der Waals surface area contributed by atoms with E-state index in [1.54, 1.807) is 5.56 Å². The second-order valence-corrected chi connectivity index (χ2v) is 6.48. The van der Waals surface area contributed by atoms with Crippen LogP contribution in [0.1, 0.15) is 36.8 Å². The van der Waals surface area contributed by atoms with Gasteiger partial charge in [-0.05, 0) is 61.8 Å². The highest BCUT2D eigenvalue weighted by Gasteiger charge is 2.59. The van der Waals surface area contributed by atoms with Gasteiger partial charge in [0.15, 0.2) is 0 Å². The molecule has 1 aromatic carbocycles. The lowest BCUT2D eigenvalue weighted by atomic mass is 9.50. The molecule has 94 valence electrons. The van der Waals surface area contributed by atoms with E-state index in [4.69, 9.17) is 4.74 Å². The van der Waals surface area contributed by atoms with Crippen LogP contribution in [0.4, 0.5) is 0 Å². The third kappa shape index (κ3) is 0.934. The van der Waals surface area contributed by atoms with E-state index in [9.17, 15) is 0 Å². The molecule has 2 heteroatoms. The van der Waals surface area contributed by atoms with E-state index in [1.807, 2.05) is 0 Å². The lowest BCUT2D eigenvalue weighted by molar-refractivity contribution is -0.0396. The Morgan fingerprint density at radius 3 is 3.28 bits per heavy atom. The molecule has 1 N–H and O–H groups in total. The van der Waals surface area contributed by atoms with Crippen molar-refractivity contribution < 1.29 is 4.74 Å². The van der Waals surface area contributed by atoms with Gasteiger partial charge in [-0.1, -0.05) is 12.1 Å². The fourth-order valence-corrected chi connectivity index (χ4v) is 5.37. The van der Waals surface area contributed by atoms with Crippen LogP contribution in [-0.4, -0.2) is 18.7 Å². The summed E-state index contributed by atoms with van der Waals surface area (Å²) in [5.41, 5.74) is 3.53. The lowest BCUT2D eigenvalue weighted by Gasteiger charge is -2.61. The predicted octanol–water partition coefficient (Wildman–Crippen LogP) is 2.40. The molecule has 4 aliphatic rings. The van der Waals surface area contributed by atoms with Gasteiger partial charge in [0.25, 0.3) is 0 Å². The van der Waals surface area contributed by atoms with Gasteiger partial charge in [0.2, 0.25) is 0 Å². The highest BCUT2D eigenvalue weighted by Crippen LogP contribution is 2.58. The van der Waals surface area contributed by atoms with Crippen molar-refractivity contribution in [3.05, 3.63) is 29.3 Å². The molecule has 5 rings (SSSR count). The van der Waals surface area contributed by atoms with E-state index >= 15 is 0 Å². The van der Waals surface area contributed by atoms with Gasteiger partial charge in [-0.3, -0.25) is 0 Å². The van der Waals surface area contributed by atoms with Crippen molar-refractivity contribution in [3.63, 3.8) is 0 Å². The fourth-order valence-electron chi connectivity index (χ4n) is 5.37. The summed E-state index contributed by atoms with van der Waals surface area (Å²) in [5.74, 6) is 2.00. The first-order valence-corrected chi connectivity index (χ1v) is 7.42. The van der Waals surface area contributed by atoms with E-state index in [0.717, 1.165) is 5.92 Å². The molecule has 2 aliphatic heterocycles. The summed E-state index contributed by atoms with van der Waals surface area (Å²) in [6.45, 7) is 1.17. The Morgan fingerprint density at radius 1 is 1.28 bits per heavy atom. The standard InChI is InChI=1S/C16H19NO/c1-3-11-10-9-13-12-4-2-6-15(18-14(10)5-1)16(11,12)7-8-17-13/h1,3,5,12-13,15,17H,2,4,6-9H2/t12-,13+,15?,16+/m0/s1. The van der Waals surface area contributed by atoms with E-state index in [0.29, 0.717) is 17.6 Å². The molecule has 1 saturated carbocycles. The summed E-state index contributed by atoms with van der Waals surface area (Å²) in [5, 5.41) is 3.78. The lowest BCUT2D eigenvalue weighted by Crippen LogP contribution is -2.66. The molecule has 1 aromatic rings. The molecule has 2 fully saturated rings. The van der Waals surface area contributed by atoms with Crippen molar-refractivity contribution in [3.8, 4) is 5.75 Å². The van der Waals surface area contributed by atoms with Crippen LogP contribution >= 0.6 is 0 Å². The summed E-state index contributed by atoms with van der Waals surface area (Å²) >= 11 is 0. The maximum Gasteiger partial charge on any atom is 0.123 e. The molecule has 1 saturated heterocycles. The molecular formula is C16H19NO. The summed E-state index contributed by atoms with van der Waals surface area (Å²) in [6, 6.07) is 7.48. The number of rotatable bonds is 0. The SMILES string of the molecule is c1cc2c3c(c1)[C@]14CCN[C@H](C3)[C@@H]1CCCC4O2. The van der Waals surface area contributed by atoms with Crippen LogP contribution in [0.25, 0.3) is 0 Å². The Labute approximate surface area is 108 Å². The van der Waals surface area contributed by atoms with Gasteiger partial charge in [-0.2, -0.15) is 0 Å². The minimum absolute atomic E-state index is 0.357. The summed E-state index contributed by atoms with van der Waals surface area (Å²) < 4.78 is 6.40. The Hall–Kier alpha value is -1.02. The van der Waals surface area contributed by atoms with Gasteiger partial charge >= 0.3 is 0 Å². The average Bonchev–Trinajstić information content (AvgIpc) is 2.39. The van der Waals surface area contributed by atoms with Gasteiger partial charge in [0.05, 0.1) is 0 Å². The van der Waals surface area contributed by atoms with E-state index < -0.39 is 0 Å². The van der Waals surface area contributed by atoms with Crippen LogP contribution in [0.5, 0.6) is 5.75 Å². The highest BCUT2D eigenvalue weighted by molar-refractivity contribution is 5.52. The largest absolute Gasteiger partial charge is 0.489 e. The Balaban J connectivity index is 1.84. The molecule has 1 unspecified atom stereocenters. The van der Waals surface area contributed by atoms with Gasteiger partial charge in [-0.25, -0.2) is 0 Å². The van der Waals surface area contributed by atoms with Crippen molar-refractivity contribution in [1.82, 2.24) is 5.32 Å². The zero-order chi connectivity index (χ0) is 11.7. The molecule has 2 aliphatic carbocycles. The Morgan fingerprint density at radius 2 is 2.28 bits per heavy atom. The van der Waals surface area contributed by atoms with Crippen LogP contribution in [0.15, 0.2) is 18.2 Å². The van der Waals surface area contributed by atoms with Crippen molar-refractivity contribution in [2.75, 3.05) is 6.54 Å². The third-order valence-corrected chi connectivity index (χ3v) is 5.98. The first-order valence-electron chi connectivity index (χ1n) is 7.42. The molecule has 4 atom stereocenters. The Kier molecular flexibility index (Phi) is 1.70. The van der Waals surface area contributed by atoms with Gasteiger partial charge < -0.3 is 10.1 Å². The van der Waals surface area contributed by atoms with Gasteiger partial charge in [-0.15, -0.1) is 0 Å².